The predicted octanol–water partition coefficient (Wildman–Crippen LogP) is 4.06. The number of nitrogens with zero attached hydrogens (tertiary/aromatic N) is 1. The number of fused-ring (bicyclic) bond motifs is 1. The lowest BCUT2D eigenvalue weighted by atomic mass is 10.0. The molecule has 5 nitrogen and oxygen atoms in total. The van der Waals surface area contributed by atoms with Crippen LogP contribution in [-0.2, 0) is 17.8 Å². The number of H-pyrrole nitrogens is 1. The number of hydrogen-bond acceptors (Lipinski definition) is 3. The number of pyridine rings is 1. The van der Waals surface area contributed by atoms with Gasteiger partial charge >= 0.3 is 0 Å². The molecule has 158 valence electrons. The van der Waals surface area contributed by atoms with Gasteiger partial charge in [0.25, 0.3) is 5.56 Å². The van der Waals surface area contributed by atoms with Gasteiger partial charge in [0.05, 0.1) is 12.1 Å². The van der Waals surface area contributed by atoms with Crippen LogP contribution in [0.15, 0.2) is 53.3 Å². The van der Waals surface area contributed by atoms with Crippen molar-refractivity contribution in [1.82, 2.24) is 15.2 Å². The zero-order valence-electron chi connectivity index (χ0n) is 17.8. The number of hydrogen-bond donors (Lipinski definition) is 2. The van der Waals surface area contributed by atoms with Gasteiger partial charge in [0.15, 0.2) is 5.11 Å². The lowest BCUT2D eigenvalue weighted by molar-refractivity contribution is 0.195. The van der Waals surface area contributed by atoms with E-state index in [1.807, 2.05) is 36.1 Å². The normalized spacial score (nSPS) is 10.9. The van der Waals surface area contributed by atoms with Crippen molar-refractivity contribution < 1.29 is 4.74 Å². The van der Waals surface area contributed by atoms with E-state index in [-0.39, 0.29) is 5.56 Å². The third-order valence-electron chi connectivity index (χ3n) is 5.29. The fraction of sp³-hybridized carbons (Fsp3) is 0.333. The van der Waals surface area contributed by atoms with E-state index >= 15 is 0 Å². The van der Waals surface area contributed by atoms with Crippen LogP contribution in [0, 0.1) is 13.8 Å². The molecule has 3 rings (SSSR count). The number of nitrogens with one attached hydrogen (secondary N) is 2. The number of ether oxygens (including phenoxy) is 1. The maximum atomic E-state index is 12.8. The Morgan fingerprint density at radius 2 is 1.90 bits per heavy atom. The Morgan fingerprint density at radius 3 is 2.63 bits per heavy atom. The van der Waals surface area contributed by atoms with Crippen molar-refractivity contribution in [2.45, 2.75) is 33.4 Å². The van der Waals surface area contributed by atoms with Gasteiger partial charge in [-0.2, -0.15) is 0 Å². The number of aromatic amines is 1. The minimum absolute atomic E-state index is 0.0727. The van der Waals surface area contributed by atoms with Gasteiger partial charge in [-0.05, 0) is 60.6 Å². The molecule has 0 atom stereocenters. The van der Waals surface area contributed by atoms with Crippen LogP contribution in [0.5, 0.6) is 0 Å². The Hall–Kier alpha value is -2.70. The topological polar surface area (TPSA) is 57.4 Å². The minimum atomic E-state index is -0.0727. The van der Waals surface area contributed by atoms with Crippen molar-refractivity contribution >= 4 is 28.2 Å². The van der Waals surface area contributed by atoms with Gasteiger partial charge in [-0.15, -0.1) is 0 Å². The van der Waals surface area contributed by atoms with Gasteiger partial charge in [-0.3, -0.25) is 4.79 Å². The highest BCUT2D eigenvalue weighted by Gasteiger charge is 2.14. The molecule has 1 heterocycles. The molecule has 0 aliphatic carbocycles. The Kier molecular flexibility index (Phi) is 7.60. The molecule has 0 radical (unpaired) electrons. The summed E-state index contributed by atoms with van der Waals surface area (Å²) in [5, 5.41) is 4.96. The highest BCUT2D eigenvalue weighted by atomic mass is 32.1. The maximum absolute atomic E-state index is 12.8. The standard InChI is InChI=1S/C24H29N3O2S/c1-17-10-11-20-14-21(23(28)26-22(20)18(17)2)16-27(15-19-8-5-4-6-9-19)24(30)25-12-7-13-29-3/h4-6,8-11,14H,7,12-13,15-16H2,1-3H3,(H,25,30)(H,26,28). The highest BCUT2D eigenvalue weighted by Crippen LogP contribution is 2.19. The number of benzene rings is 2. The Balaban J connectivity index is 1.86. The predicted molar refractivity (Wildman–Crippen MR) is 127 cm³/mol. The molecule has 2 aromatic carbocycles. The molecule has 0 unspecified atom stereocenters. The smallest absolute Gasteiger partial charge is 0.253 e. The summed E-state index contributed by atoms with van der Waals surface area (Å²) in [6.07, 6.45) is 0.866. The van der Waals surface area contributed by atoms with E-state index in [9.17, 15) is 4.79 Å². The summed E-state index contributed by atoms with van der Waals surface area (Å²) in [6, 6.07) is 16.3. The first-order valence-corrected chi connectivity index (χ1v) is 10.6. The molecule has 30 heavy (non-hydrogen) atoms. The molecule has 2 N–H and O–H groups in total. The number of methoxy groups -OCH3 is 1. The van der Waals surface area contributed by atoms with Gasteiger partial charge < -0.3 is 19.9 Å². The van der Waals surface area contributed by atoms with Gasteiger partial charge in [-0.25, -0.2) is 0 Å². The molecular weight excluding hydrogens is 394 g/mol. The largest absolute Gasteiger partial charge is 0.385 e. The lowest BCUT2D eigenvalue weighted by Gasteiger charge is -2.26. The number of aromatic nitrogens is 1. The van der Waals surface area contributed by atoms with Crippen molar-refractivity contribution in [1.29, 1.82) is 0 Å². The fourth-order valence-electron chi connectivity index (χ4n) is 3.42. The molecule has 0 amide bonds. The van der Waals surface area contributed by atoms with Crippen LogP contribution < -0.4 is 10.9 Å². The summed E-state index contributed by atoms with van der Waals surface area (Å²) < 4.78 is 5.11. The number of aryl methyl sites for hydroxylation is 2. The molecule has 0 bridgehead atoms. The van der Waals surface area contributed by atoms with Gasteiger partial charge in [0, 0.05) is 32.4 Å². The molecule has 1 aromatic heterocycles. The molecule has 3 aromatic rings. The first-order valence-electron chi connectivity index (χ1n) is 10.2. The average Bonchev–Trinajstić information content (AvgIpc) is 2.75. The second-order valence-electron chi connectivity index (χ2n) is 7.52. The zero-order chi connectivity index (χ0) is 21.5. The van der Waals surface area contributed by atoms with Crippen molar-refractivity contribution in [3.63, 3.8) is 0 Å². The summed E-state index contributed by atoms with van der Waals surface area (Å²) in [7, 11) is 1.69. The Labute approximate surface area is 183 Å². The van der Waals surface area contributed by atoms with E-state index < -0.39 is 0 Å². The van der Waals surface area contributed by atoms with E-state index in [2.05, 4.69) is 41.5 Å². The number of thiocarbonyl (C=S) groups is 1. The van der Waals surface area contributed by atoms with Crippen LogP contribution in [-0.4, -0.2) is 35.3 Å². The molecule has 6 heteroatoms. The summed E-state index contributed by atoms with van der Waals surface area (Å²) in [5.74, 6) is 0. The van der Waals surface area contributed by atoms with Gasteiger partial charge in [0.1, 0.15) is 0 Å². The average molecular weight is 424 g/mol. The van der Waals surface area contributed by atoms with Crippen molar-refractivity contribution in [3.05, 3.63) is 81.1 Å². The molecule has 0 fully saturated rings. The summed E-state index contributed by atoms with van der Waals surface area (Å²) in [6.45, 7) is 6.55. The minimum Gasteiger partial charge on any atom is -0.385 e. The van der Waals surface area contributed by atoms with Crippen molar-refractivity contribution in [3.8, 4) is 0 Å². The SMILES string of the molecule is COCCCNC(=S)N(Cc1ccccc1)Cc1cc2ccc(C)c(C)c2[nH]c1=O. The highest BCUT2D eigenvalue weighted by molar-refractivity contribution is 7.80. The third kappa shape index (κ3) is 5.46. The molecular formula is C24H29N3O2S. The quantitative estimate of drug-likeness (QED) is 0.423. The van der Waals surface area contributed by atoms with Gasteiger partial charge in [0.2, 0.25) is 0 Å². The maximum Gasteiger partial charge on any atom is 0.253 e. The summed E-state index contributed by atoms with van der Waals surface area (Å²) >= 11 is 5.66. The fourth-order valence-corrected chi connectivity index (χ4v) is 3.65. The third-order valence-corrected chi connectivity index (χ3v) is 5.70. The van der Waals surface area contributed by atoms with Crippen LogP contribution in [0.2, 0.25) is 0 Å². The van der Waals surface area contributed by atoms with E-state index in [0.717, 1.165) is 40.6 Å². The second kappa shape index (κ2) is 10.4. The second-order valence-corrected chi connectivity index (χ2v) is 7.90. The molecule has 0 saturated carbocycles. The van der Waals surface area contributed by atoms with E-state index in [4.69, 9.17) is 17.0 Å². The monoisotopic (exact) mass is 423 g/mol. The molecule has 0 aliphatic heterocycles. The first-order chi connectivity index (χ1) is 14.5. The molecule has 0 aliphatic rings. The van der Waals surface area contributed by atoms with E-state index in [1.165, 1.54) is 0 Å². The van der Waals surface area contributed by atoms with Crippen LogP contribution in [0.4, 0.5) is 0 Å². The van der Waals surface area contributed by atoms with E-state index in [1.54, 1.807) is 7.11 Å². The molecule has 0 spiro atoms. The lowest BCUT2D eigenvalue weighted by Crippen LogP contribution is -2.40. The summed E-state index contributed by atoms with van der Waals surface area (Å²) in [5.41, 5.74) is 4.94. The first kappa shape index (κ1) is 22.0. The van der Waals surface area contributed by atoms with Gasteiger partial charge in [-0.1, -0.05) is 42.5 Å². The Bertz CT molecular complexity index is 1060. The van der Waals surface area contributed by atoms with Crippen molar-refractivity contribution in [2.24, 2.45) is 0 Å². The summed E-state index contributed by atoms with van der Waals surface area (Å²) in [4.78, 5) is 18.0. The van der Waals surface area contributed by atoms with Crippen LogP contribution in [0.3, 0.4) is 0 Å². The molecule has 0 saturated heterocycles. The number of rotatable bonds is 8. The zero-order valence-corrected chi connectivity index (χ0v) is 18.6. The van der Waals surface area contributed by atoms with Crippen LogP contribution in [0.25, 0.3) is 10.9 Å². The van der Waals surface area contributed by atoms with Crippen molar-refractivity contribution in [2.75, 3.05) is 20.3 Å². The van der Waals surface area contributed by atoms with Crippen LogP contribution in [0.1, 0.15) is 28.7 Å². The van der Waals surface area contributed by atoms with Crippen LogP contribution >= 0.6 is 12.2 Å². The Morgan fingerprint density at radius 1 is 1.13 bits per heavy atom. The van der Waals surface area contributed by atoms with E-state index in [0.29, 0.717) is 30.4 Å².